The van der Waals surface area contributed by atoms with E-state index in [1.807, 2.05) is 11.9 Å². The summed E-state index contributed by atoms with van der Waals surface area (Å²) in [5.74, 6) is 0.656. The lowest BCUT2D eigenvalue weighted by molar-refractivity contribution is 0.293. The largest absolute Gasteiger partial charge is 0.371 e. The van der Waals surface area contributed by atoms with Crippen LogP contribution >= 0.6 is 11.8 Å². The maximum atomic E-state index is 8.24. The second-order valence-electron chi connectivity index (χ2n) is 5.80. The highest BCUT2D eigenvalue weighted by Gasteiger charge is 2.19. The van der Waals surface area contributed by atoms with E-state index in [9.17, 15) is 0 Å². The number of hydrogen-bond acceptors (Lipinski definition) is 3. The summed E-state index contributed by atoms with van der Waals surface area (Å²) in [4.78, 5) is 5.71. The molecule has 0 bridgehead atoms. The molecule has 2 rings (SSSR count). The summed E-state index contributed by atoms with van der Waals surface area (Å²) in [6, 6.07) is 0. The van der Waals surface area contributed by atoms with Gasteiger partial charge in [0.25, 0.3) is 0 Å². The van der Waals surface area contributed by atoms with Crippen molar-refractivity contribution in [3.05, 3.63) is 34.2 Å². The predicted octanol–water partition coefficient (Wildman–Crippen LogP) is 4.21. The van der Waals surface area contributed by atoms with Gasteiger partial charge in [0, 0.05) is 42.9 Å². The van der Waals surface area contributed by atoms with Crippen molar-refractivity contribution in [2.45, 2.75) is 39.0 Å². The molecule has 3 nitrogen and oxygen atoms in total. The first-order valence-corrected chi connectivity index (χ1v) is 8.81. The third kappa shape index (κ3) is 4.16. The van der Waals surface area contributed by atoms with Crippen LogP contribution < -0.4 is 0 Å². The Kier molecular flexibility index (Phi) is 5.97. The number of piperidine rings is 1. The summed E-state index contributed by atoms with van der Waals surface area (Å²) in [6.45, 7) is 9.65. The first-order valence-electron chi connectivity index (χ1n) is 7.93. The van der Waals surface area contributed by atoms with Crippen molar-refractivity contribution < 1.29 is 0 Å². The molecule has 0 aromatic carbocycles. The van der Waals surface area contributed by atoms with Crippen LogP contribution in [0.1, 0.15) is 39.0 Å². The van der Waals surface area contributed by atoms with Gasteiger partial charge >= 0.3 is 0 Å². The quantitative estimate of drug-likeness (QED) is 0.609. The van der Waals surface area contributed by atoms with Crippen molar-refractivity contribution in [1.29, 1.82) is 5.41 Å². The molecule has 116 valence electrons. The van der Waals surface area contributed by atoms with Gasteiger partial charge in [0.2, 0.25) is 0 Å². The van der Waals surface area contributed by atoms with Gasteiger partial charge < -0.3 is 9.80 Å². The summed E-state index contributed by atoms with van der Waals surface area (Å²) in [5, 5.41) is 10.4. The van der Waals surface area contributed by atoms with E-state index in [0.29, 0.717) is 5.84 Å². The van der Waals surface area contributed by atoms with Crippen molar-refractivity contribution in [2.75, 3.05) is 26.7 Å². The summed E-state index contributed by atoms with van der Waals surface area (Å²) in [7, 11) is 2.00. The van der Waals surface area contributed by atoms with Crippen molar-refractivity contribution in [1.82, 2.24) is 9.80 Å². The maximum Gasteiger partial charge on any atom is 0.124 e. The molecule has 0 aromatic heterocycles. The van der Waals surface area contributed by atoms with E-state index >= 15 is 0 Å². The highest BCUT2D eigenvalue weighted by Crippen LogP contribution is 2.34. The summed E-state index contributed by atoms with van der Waals surface area (Å²) in [5.41, 5.74) is 2.29. The van der Waals surface area contributed by atoms with Gasteiger partial charge in [0.05, 0.1) is 0 Å². The molecule has 4 heteroatoms. The molecule has 21 heavy (non-hydrogen) atoms. The monoisotopic (exact) mass is 305 g/mol. The number of nitrogens with one attached hydrogen (secondary N) is 1. The Balaban J connectivity index is 1.91. The Morgan fingerprint density at radius 1 is 1.38 bits per heavy atom. The molecule has 0 unspecified atom stereocenters. The minimum atomic E-state index is 0.656. The lowest BCUT2D eigenvalue weighted by Gasteiger charge is -2.32. The molecule has 0 spiro atoms. The van der Waals surface area contributed by atoms with E-state index in [2.05, 4.69) is 29.9 Å². The van der Waals surface area contributed by atoms with Gasteiger partial charge in [0.1, 0.15) is 5.84 Å². The standard InChI is InChI=1S/C17H27N3S/c1-4-10-19(3)17(18)15-8-9-16(21-13-15)14(2)20-11-6-5-7-12-20/h9,13,18H,2,4-8,10-12H2,1,3H3. The summed E-state index contributed by atoms with van der Waals surface area (Å²) >= 11 is 1.73. The molecule has 2 aliphatic rings. The Hall–Kier alpha value is -1.16. The number of rotatable bonds is 5. The van der Waals surface area contributed by atoms with Crippen molar-refractivity contribution >= 4 is 17.6 Å². The fraction of sp³-hybridized carbons (Fsp3) is 0.588. The van der Waals surface area contributed by atoms with Gasteiger partial charge in [0.15, 0.2) is 0 Å². The van der Waals surface area contributed by atoms with Crippen LogP contribution in [-0.4, -0.2) is 42.3 Å². The van der Waals surface area contributed by atoms with Gasteiger partial charge in [-0.15, -0.1) is 0 Å². The van der Waals surface area contributed by atoms with Crippen LogP contribution in [-0.2, 0) is 0 Å². The molecule has 0 amide bonds. The first kappa shape index (κ1) is 16.2. The predicted molar refractivity (Wildman–Crippen MR) is 93.6 cm³/mol. The average molecular weight is 305 g/mol. The number of likely N-dealkylation sites (tertiary alicyclic amines) is 1. The summed E-state index contributed by atoms with van der Waals surface area (Å²) < 4.78 is 0. The van der Waals surface area contributed by atoms with E-state index in [1.54, 1.807) is 11.8 Å². The van der Waals surface area contributed by atoms with Gasteiger partial charge in [-0.1, -0.05) is 31.3 Å². The number of amidine groups is 1. The molecular formula is C17H27N3S. The Morgan fingerprint density at radius 2 is 2.10 bits per heavy atom. The van der Waals surface area contributed by atoms with E-state index in [0.717, 1.165) is 38.0 Å². The molecule has 1 fully saturated rings. The number of thioether (sulfide) groups is 1. The van der Waals surface area contributed by atoms with Crippen LogP contribution in [0.5, 0.6) is 0 Å². The fourth-order valence-corrected chi connectivity index (χ4v) is 3.71. The molecule has 0 radical (unpaired) electrons. The normalized spacial score (nSPS) is 18.9. The zero-order valence-electron chi connectivity index (χ0n) is 13.3. The molecule has 2 heterocycles. The highest BCUT2D eigenvalue weighted by atomic mass is 32.2. The summed E-state index contributed by atoms with van der Waals surface area (Å²) in [6.07, 6.45) is 8.08. The van der Waals surface area contributed by atoms with Crippen LogP contribution in [0.25, 0.3) is 0 Å². The van der Waals surface area contributed by atoms with Crippen molar-refractivity contribution in [2.24, 2.45) is 0 Å². The maximum absolute atomic E-state index is 8.24. The van der Waals surface area contributed by atoms with Gasteiger partial charge in [-0.2, -0.15) is 0 Å². The van der Waals surface area contributed by atoms with Crippen molar-refractivity contribution in [3.8, 4) is 0 Å². The van der Waals surface area contributed by atoms with E-state index in [1.165, 1.54) is 29.9 Å². The first-order chi connectivity index (χ1) is 10.1. The van der Waals surface area contributed by atoms with E-state index in [-0.39, 0.29) is 0 Å². The molecular weight excluding hydrogens is 278 g/mol. The van der Waals surface area contributed by atoms with Crippen LogP contribution in [0.2, 0.25) is 0 Å². The third-order valence-electron chi connectivity index (χ3n) is 4.10. The molecule has 1 N–H and O–H groups in total. The average Bonchev–Trinajstić information content (AvgIpc) is 2.54. The molecule has 0 saturated carbocycles. The Morgan fingerprint density at radius 3 is 2.67 bits per heavy atom. The smallest absolute Gasteiger partial charge is 0.124 e. The van der Waals surface area contributed by atoms with Crippen molar-refractivity contribution in [3.63, 3.8) is 0 Å². The fourth-order valence-electron chi connectivity index (χ4n) is 2.78. The zero-order chi connectivity index (χ0) is 15.2. The second-order valence-corrected chi connectivity index (χ2v) is 6.71. The molecule has 2 aliphatic heterocycles. The van der Waals surface area contributed by atoms with Gasteiger partial charge in [-0.25, -0.2) is 0 Å². The number of nitrogens with zero attached hydrogens (tertiary/aromatic N) is 2. The van der Waals surface area contributed by atoms with Crippen LogP contribution in [0.4, 0.5) is 0 Å². The Labute approximate surface area is 133 Å². The van der Waals surface area contributed by atoms with E-state index in [4.69, 9.17) is 5.41 Å². The van der Waals surface area contributed by atoms with E-state index < -0.39 is 0 Å². The van der Waals surface area contributed by atoms with Crippen LogP contribution in [0.3, 0.4) is 0 Å². The molecule has 0 aliphatic carbocycles. The molecule has 1 saturated heterocycles. The molecule has 0 atom stereocenters. The number of allylic oxidation sites excluding steroid dienone is 1. The third-order valence-corrected chi connectivity index (χ3v) is 5.16. The minimum Gasteiger partial charge on any atom is -0.371 e. The SMILES string of the molecule is C=C(C1=CCC(C(=N)N(C)CCC)=CS1)N1CCCCC1. The van der Waals surface area contributed by atoms with Gasteiger partial charge in [-0.3, -0.25) is 5.41 Å². The van der Waals surface area contributed by atoms with Crippen LogP contribution in [0.15, 0.2) is 34.2 Å². The number of hydrogen-bond donors (Lipinski definition) is 1. The lowest BCUT2D eigenvalue weighted by atomic mass is 10.1. The second kappa shape index (κ2) is 7.74. The highest BCUT2D eigenvalue weighted by molar-refractivity contribution is 8.06. The topological polar surface area (TPSA) is 30.3 Å². The van der Waals surface area contributed by atoms with Crippen LogP contribution in [0, 0.1) is 5.41 Å². The molecule has 0 aromatic rings. The zero-order valence-corrected chi connectivity index (χ0v) is 14.1. The van der Waals surface area contributed by atoms with Gasteiger partial charge in [-0.05, 0) is 37.5 Å². The minimum absolute atomic E-state index is 0.656. The number of likely N-dealkylation sites (N-methyl/N-ethyl adjacent to an activating group) is 1. The lowest BCUT2D eigenvalue weighted by Crippen LogP contribution is -2.30. The Bertz CT molecular complexity index is 459.